The van der Waals surface area contributed by atoms with Crippen LogP contribution in [0.4, 0.5) is 5.95 Å². The highest BCUT2D eigenvalue weighted by Gasteiger charge is 2.25. The van der Waals surface area contributed by atoms with E-state index < -0.39 is 0 Å². The summed E-state index contributed by atoms with van der Waals surface area (Å²) < 4.78 is 7.24. The van der Waals surface area contributed by atoms with Gasteiger partial charge in [-0.1, -0.05) is 29.7 Å². The van der Waals surface area contributed by atoms with Gasteiger partial charge in [-0.25, -0.2) is 0 Å². The molecule has 2 atom stereocenters. The van der Waals surface area contributed by atoms with Crippen molar-refractivity contribution in [3.63, 3.8) is 0 Å². The molecule has 2 aromatic rings. The second kappa shape index (κ2) is 10.7. The van der Waals surface area contributed by atoms with Gasteiger partial charge in [0, 0.05) is 25.7 Å². The van der Waals surface area contributed by atoms with E-state index in [0.29, 0.717) is 6.04 Å². The van der Waals surface area contributed by atoms with Gasteiger partial charge in [0.2, 0.25) is 5.95 Å². The molecular weight excluding hydrogens is 360 g/mol. The van der Waals surface area contributed by atoms with Gasteiger partial charge in [-0.2, -0.15) is 4.68 Å². The molecule has 1 aromatic heterocycles. The summed E-state index contributed by atoms with van der Waals surface area (Å²) in [5.74, 6) is 1.48. The molecule has 1 saturated carbocycles. The second-order valence-electron chi connectivity index (χ2n) is 7.14. The zero-order valence-corrected chi connectivity index (χ0v) is 16.0. The molecule has 0 amide bonds. The van der Waals surface area contributed by atoms with E-state index in [1.165, 1.54) is 32.2 Å². The summed E-state index contributed by atoms with van der Waals surface area (Å²) in [6.07, 6.45) is 4.94. The second-order valence-corrected chi connectivity index (χ2v) is 7.14. The zero-order valence-electron chi connectivity index (χ0n) is 16.0. The summed E-state index contributed by atoms with van der Waals surface area (Å²) in [6, 6.07) is 10.5. The fraction of sp³-hybridized carbons (Fsp3) is 0.579. The van der Waals surface area contributed by atoms with Crippen molar-refractivity contribution in [2.24, 2.45) is 5.92 Å². The molecule has 1 aliphatic heterocycles. The molecule has 0 unspecified atom stereocenters. The summed E-state index contributed by atoms with van der Waals surface area (Å²) in [4.78, 5) is 10.9. The van der Waals surface area contributed by atoms with Crippen LogP contribution in [0.5, 0.6) is 0 Å². The lowest BCUT2D eigenvalue weighted by Gasteiger charge is -2.35. The molecule has 2 heterocycles. The quantitative estimate of drug-likeness (QED) is 0.745. The predicted molar refractivity (Wildman–Crippen MR) is 104 cm³/mol. The van der Waals surface area contributed by atoms with Crippen molar-refractivity contribution in [3.8, 4) is 5.69 Å². The van der Waals surface area contributed by atoms with E-state index >= 15 is 0 Å². The van der Waals surface area contributed by atoms with Crippen LogP contribution in [-0.2, 0) is 9.53 Å². The maximum absolute atomic E-state index is 8.36. The average molecular weight is 388 g/mol. The number of carbonyl (C=O) groups is 1. The number of rotatable bonds is 5. The minimum Gasteiger partial charge on any atom is -0.483 e. The fourth-order valence-corrected chi connectivity index (χ4v) is 3.94. The predicted octanol–water partition coefficient (Wildman–Crippen LogP) is 1.67. The van der Waals surface area contributed by atoms with Crippen LogP contribution >= 0.6 is 0 Å². The Labute approximate surface area is 164 Å². The molecule has 2 aliphatic rings. The van der Waals surface area contributed by atoms with Gasteiger partial charge in [0.05, 0.1) is 18.9 Å². The van der Waals surface area contributed by atoms with Gasteiger partial charge in [0.25, 0.3) is 6.47 Å². The lowest BCUT2D eigenvalue weighted by Crippen LogP contribution is -2.41. The largest absolute Gasteiger partial charge is 0.483 e. The van der Waals surface area contributed by atoms with Crippen molar-refractivity contribution in [2.45, 2.75) is 31.7 Å². The van der Waals surface area contributed by atoms with Crippen molar-refractivity contribution in [1.29, 1.82) is 0 Å². The van der Waals surface area contributed by atoms with Crippen molar-refractivity contribution < 1.29 is 14.6 Å². The van der Waals surface area contributed by atoms with Crippen molar-refractivity contribution in [1.82, 2.24) is 25.1 Å². The number of hydrogen-bond donors (Lipinski definition) is 2. The summed E-state index contributed by atoms with van der Waals surface area (Å²) in [5, 5.41) is 22.6. The molecule has 152 valence electrons. The van der Waals surface area contributed by atoms with Crippen LogP contribution < -0.4 is 5.32 Å². The Balaban J connectivity index is 0.000000706. The summed E-state index contributed by atoms with van der Waals surface area (Å²) >= 11 is 0. The Morgan fingerprint density at radius 3 is 2.71 bits per heavy atom. The van der Waals surface area contributed by atoms with Crippen LogP contribution in [0, 0.1) is 5.92 Å². The van der Waals surface area contributed by atoms with Crippen molar-refractivity contribution in [3.05, 3.63) is 30.3 Å². The van der Waals surface area contributed by atoms with Crippen LogP contribution in [0.15, 0.2) is 30.3 Å². The lowest BCUT2D eigenvalue weighted by atomic mass is 9.85. The fourth-order valence-electron chi connectivity index (χ4n) is 3.94. The highest BCUT2D eigenvalue weighted by atomic mass is 16.5. The van der Waals surface area contributed by atoms with Crippen LogP contribution in [0.3, 0.4) is 0 Å². The number of carboxylic acid groups (broad SMARTS) is 1. The number of nitrogens with zero attached hydrogens (tertiary/aromatic N) is 5. The molecule has 0 radical (unpaired) electrons. The Hall–Kier alpha value is -2.52. The zero-order chi connectivity index (χ0) is 19.6. The summed E-state index contributed by atoms with van der Waals surface area (Å²) in [7, 11) is 0. The molecule has 1 saturated heterocycles. The topological polar surface area (TPSA) is 105 Å². The third-order valence-corrected chi connectivity index (χ3v) is 5.21. The van der Waals surface area contributed by atoms with Crippen LogP contribution in [-0.4, -0.2) is 75.6 Å². The van der Waals surface area contributed by atoms with Crippen molar-refractivity contribution in [2.75, 3.05) is 38.2 Å². The minimum absolute atomic E-state index is 0.250. The number of benzene rings is 1. The first-order chi connectivity index (χ1) is 13.8. The van der Waals surface area contributed by atoms with E-state index in [0.717, 1.165) is 43.9 Å². The van der Waals surface area contributed by atoms with E-state index in [2.05, 4.69) is 25.7 Å². The molecule has 9 heteroatoms. The smallest absolute Gasteiger partial charge is 0.290 e. The number of anilines is 1. The Kier molecular flexibility index (Phi) is 7.74. The van der Waals surface area contributed by atoms with E-state index in [1.807, 2.05) is 30.3 Å². The minimum atomic E-state index is -0.250. The number of morpholine rings is 1. The van der Waals surface area contributed by atoms with Crippen LogP contribution in [0.2, 0.25) is 0 Å². The van der Waals surface area contributed by atoms with Gasteiger partial charge in [-0.3, -0.25) is 9.69 Å². The summed E-state index contributed by atoms with van der Waals surface area (Å²) in [5.41, 5.74) is 0.982. The molecule has 1 aliphatic carbocycles. The Morgan fingerprint density at radius 2 is 1.96 bits per heavy atom. The van der Waals surface area contributed by atoms with E-state index in [-0.39, 0.29) is 6.47 Å². The van der Waals surface area contributed by atoms with Gasteiger partial charge in [0.15, 0.2) is 0 Å². The van der Waals surface area contributed by atoms with Crippen molar-refractivity contribution >= 4 is 12.4 Å². The Morgan fingerprint density at radius 1 is 1.21 bits per heavy atom. The normalized spacial score (nSPS) is 22.7. The number of nitrogens with one attached hydrogen (secondary N) is 1. The van der Waals surface area contributed by atoms with Gasteiger partial charge in [-0.15, -0.1) is 0 Å². The first-order valence-corrected chi connectivity index (χ1v) is 9.78. The van der Waals surface area contributed by atoms with E-state index in [4.69, 9.17) is 14.6 Å². The van der Waals surface area contributed by atoms with E-state index in [1.54, 1.807) is 4.68 Å². The lowest BCUT2D eigenvalue weighted by molar-refractivity contribution is -0.122. The highest BCUT2D eigenvalue weighted by Crippen LogP contribution is 2.27. The molecular formula is C19H28N6O3. The number of aromatic nitrogens is 4. The number of para-hydroxylation sites is 1. The third kappa shape index (κ3) is 5.74. The molecule has 1 aromatic carbocycles. The highest BCUT2D eigenvalue weighted by molar-refractivity contribution is 5.38. The van der Waals surface area contributed by atoms with Gasteiger partial charge >= 0.3 is 0 Å². The summed E-state index contributed by atoms with van der Waals surface area (Å²) in [6.45, 7) is 4.83. The van der Waals surface area contributed by atoms with E-state index in [9.17, 15) is 0 Å². The third-order valence-electron chi connectivity index (χ3n) is 5.21. The average Bonchev–Trinajstić information content (AvgIpc) is 3.18. The Bertz CT molecular complexity index is 705. The monoisotopic (exact) mass is 388 g/mol. The molecule has 0 spiro atoms. The maximum Gasteiger partial charge on any atom is 0.290 e. The molecule has 2 fully saturated rings. The number of ether oxygens (including phenoxy) is 1. The maximum atomic E-state index is 8.36. The van der Waals surface area contributed by atoms with Gasteiger partial charge < -0.3 is 15.2 Å². The van der Waals surface area contributed by atoms with Gasteiger partial charge in [0.1, 0.15) is 0 Å². The number of hydrogen-bond acceptors (Lipinski definition) is 7. The molecule has 0 bridgehead atoms. The van der Waals surface area contributed by atoms with Crippen LogP contribution in [0.25, 0.3) is 5.69 Å². The standard InChI is InChI=1S/C18H26N6O.CH2O2/c1-2-7-17(8-3-1)24-18(20-21-22-24)19-16-6-4-5-15(13-16)14-23-9-11-25-12-10-23;2-1-3/h1-3,7-8,15-16H,4-6,9-14H2,(H,19,20,22);1H,(H,2,3)/t15-,16+;/m1./s1. The van der Waals surface area contributed by atoms with Gasteiger partial charge in [-0.05, 0) is 47.7 Å². The van der Waals surface area contributed by atoms with Crippen LogP contribution in [0.1, 0.15) is 25.7 Å². The SMILES string of the molecule is O=CO.c1ccc(-n2nnnc2N[C@H]2CCC[C@@H](CN3CCOCC3)C2)cc1. The number of tetrazole rings is 1. The molecule has 9 nitrogen and oxygen atoms in total. The molecule has 28 heavy (non-hydrogen) atoms. The molecule has 4 rings (SSSR count). The first-order valence-electron chi connectivity index (χ1n) is 9.78. The molecule has 2 N–H and O–H groups in total. The first kappa shape index (κ1) is 20.2.